The van der Waals surface area contributed by atoms with Crippen LogP contribution < -0.4 is 4.83 Å². The highest BCUT2D eigenvalue weighted by Crippen LogP contribution is 2.18. The molecule has 0 spiro atoms. The summed E-state index contributed by atoms with van der Waals surface area (Å²) in [4.78, 5) is 2.53. The quantitative estimate of drug-likeness (QED) is 0.543. The summed E-state index contributed by atoms with van der Waals surface area (Å²) < 4.78 is 26.9. The molecule has 1 heterocycles. The first-order valence-electron chi connectivity index (χ1n) is 8.53. The highest BCUT2D eigenvalue weighted by atomic mass is 32.2. The van der Waals surface area contributed by atoms with Crippen molar-refractivity contribution in [2.45, 2.75) is 32.6 Å². The minimum Gasteiger partial charge on any atom is -0.237 e. The third-order valence-electron chi connectivity index (χ3n) is 4.35. The summed E-state index contributed by atoms with van der Waals surface area (Å²) >= 11 is 0. The topological polar surface area (TPSA) is 76.3 Å². The van der Waals surface area contributed by atoms with Crippen LogP contribution in [0.1, 0.15) is 28.1 Å². The Balaban J connectivity index is 1.87. The van der Waals surface area contributed by atoms with Gasteiger partial charge in [-0.2, -0.15) is 18.6 Å². The average molecular weight is 382 g/mol. The maximum absolute atomic E-state index is 12.5. The Labute approximate surface area is 159 Å². The SMILES string of the molecule is Cc1ccc(C)c(S(=O)(=O)NN=Cc2c(C)nn(-c3ccccc3)c2C)c1. The van der Waals surface area contributed by atoms with E-state index in [-0.39, 0.29) is 4.90 Å². The zero-order valence-electron chi connectivity index (χ0n) is 15.8. The summed E-state index contributed by atoms with van der Waals surface area (Å²) in [5.41, 5.74) is 4.92. The van der Waals surface area contributed by atoms with Gasteiger partial charge in [0.1, 0.15) is 0 Å². The highest BCUT2D eigenvalue weighted by molar-refractivity contribution is 7.89. The van der Waals surface area contributed by atoms with Crippen LogP contribution in [0.5, 0.6) is 0 Å². The molecule has 0 aliphatic rings. The molecular formula is C20H22N4O2S. The molecule has 0 aliphatic heterocycles. The smallest absolute Gasteiger partial charge is 0.237 e. The van der Waals surface area contributed by atoms with Gasteiger partial charge in [-0.25, -0.2) is 9.51 Å². The normalized spacial score (nSPS) is 11.9. The maximum atomic E-state index is 12.5. The summed E-state index contributed by atoms with van der Waals surface area (Å²) in [5, 5.41) is 8.50. The Morgan fingerprint density at radius 2 is 1.74 bits per heavy atom. The zero-order chi connectivity index (χ0) is 19.6. The fraction of sp³-hybridized carbons (Fsp3) is 0.200. The van der Waals surface area contributed by atoms with Gasteiger partial charge >= 0.3 is 0 Å². The number of hydrazone groups is 1. The van der Waals surface area contributed by atoms with E-state index in [2.05, 4.69) is 15.0 Å². The average Bonchev–Trinajstić information content (AvgIpc) is 2.92. The van der Waals surface area contributed by atoms with Gasteiger partial charge in [-0.05, 0) is 57.0 Å². The minimum atomic E-state index is -3.73. The van der Waals surface area contributed by atoms with Crippen LogP contribution in [-0.4, -0.2) is 24.4 Å². The first kappa shape index (κ1) is 18.8. The molecule has 0 saturated carbocycles. The van der Waals surface area contributed by atoms with E-state index >= 15 is 0 Å². The highest BCUT2D eigenvalue weighted by Gasteiger charge is 2.16. The van der Waals surface area contributed by atoms with Crippen molar-refractivity contribution in [1.82, 2.24) is 14.6 Å². The molecule has 3 aromatic rings. The second-order valence-corrected chi connectivity index (χ2v) is 8.08. The molecule has 0 aliphatic carbocycles. The van der Waals surface area contributed by atoms with Gasteiger partial charge in [0.15, 0.2) is 0 Å². The molecule has 0 amide bonds. The van der Waals surface area contributed by atoms with Crippen molar-refractivity contribution in [3.63, 3.8) is 0 Å². The van der Waals surface area contributed by atoms with Crippen LogP contribution in [0, 0.1) is 27.7 Å². The summed E-state index contributed by atoms with van der Waals surface area (Å²) in [6.07, 6.45) is 1.50. The van der Waals surface area contributed by atoms with Gasteiger partial charge in [0.25, 0.3) is 10.0 Å². The van der Waals surface area contributed by atoms with E-state index in [0.717, 1.165) is 28.2 Å². The number of rotatable bonds is 5. The molecule has 1 aromatic heterocycles. The van der Waals surface area contributed by atoms with Gasteiger partial charge in [-0.15, -0.1) is 0 Å². The molecule has 2 aromatic carbocycles. The molecule has 0 radical (unpaired) electrons. The van der Waals surface area contributed by atoms with Gasteiger partial charge in [0, 0.05) is 5.56 Å². The van der Waals surface area contributed by atoms with E-state index in [1.165, 1.54) is 6.21 Å². The number of hydrogen-bond acceptors (Lipinski definition) is 4. The molecule has 0 saturated heterocycles. The second-order valence-electron chi connectivity index (χ2n) is 6.45. The van der Waals surface area contributed by atoms with Crippen molar-refractivity contribution >= 4 is 16.2 Å². The lowest BCUT2D eigenvalue weighted by Gasteiger charge is -2.07. The predicted octanol–water partition coefficient (Wildman–Crippen LogP) is 3.42. The predicted molar refractivity (Wildman–Crippen MR) is 107 cm³/mol. The third kappa shape index (κ3) is 3.93. The van der Waals surface area contributed by atoms with Crippen LogP contribution in [0.15, 0.2) is 58.5 Å². The van der Waals surface area contributed by atoms with E-state index in [4.69, 9.17) is 0 Å². The number of nitrogens with one attached hydrogen (secondary N) is 1. The molecule has 0 fully saturated rings. The van der Waals surface area contributed by atoms with Crippen molar-refractivity contribution in [3.8, 4) is 5.69 Å². The van der Waals surface area contributed by atoms with Crippen LogP contribution >= 0.6 is 0 Å². The van der Waals surface area contributed by atoms with Gasteiger partial charge in [-0.1, -0.05) is 30.3 Å². The largest absolute Gasteiger partial charge is 0.276 e. The van der Waals surface area contributed by atoms with E-state index < -0.39 is 10.0 Å². The number of para-hydroxylation sites is 1. The fourth-order valence-electron chi connectivity index (χ4n) is 2.87. The zero-order valence-corrected chi connectivity index (χ0v) is 16.6. The van der Waals surface area contributed by atoms with Crippen molar-refractivity contribution in [2.24, 2.45) is 5.10 Å². The lowest BCUT2D eigenvalue weighted by atomic mass is 10.2. The van der Waals surface area contributed by atoms with Crippen LogP contribution in [0.2, 0.25) is 0 Å². The van der Waals surface area contributed by atoms with Crippen molar-refractivity contribution in [3.05, 3.63) is 76.6 Å². The maximum Gasteiger partial charge on any atom is 0.276 e. The van der Waals surface area contributed by atoms with Gasteiger partial charge in [-0.3, -0.25) is 0 Å². The molecule has 0 atom stereocenters. The number of benzene rings is 2. The Morgan fingerprint density at radius 3 is 2.44 bits per heavy atom. The van der Waals surface area contributed by atoms with Crippen LogP contribution in [0.25, 0.3) is 5.69 Å². The third-order valence-corrected chi connectivity index (χ3v) is 5.71. The molecule has 0 unspecified atom stereocenters. The first-order chi connectivity index (χ1) is 12.8. The van der Waals surface area contributed by atoms with Gasteiger partial charge < -0.3 is 0 Å². The van der Waals surface area contributed by atoms with E-state index in [0.29, 0.717) is 5.56 Å². The Morgan fingerprint density at radius 1 is 1.04 bits per heavy atom. The molecule has 27 heavy (non-hydrogen) atoms. The number of sulfonamides is 1. The van der Waals surface area contributed by atoms with E-state index in [1.54, 1.807) is 19.1 Å². The van der Waals surface area contributed by atoms with Crippen molar-refractivity contribution in [2.75, 3.05) is 0 Å². The molecule has 1 N–H and O–H groups in total. The number of hydrogen-bond donors (Lipinski definition) is 1. The Hall–Kier alpha value is -2.93. The van der Waals surface area contributed by atoms with Crippen LogP contribution in [-0.2, 0) is 10.0 Å². The number of nitrogens with zero attached hydrogens (tertiary/aromatic N) is 3. The second kappa shape index (κ2) is 7.36. The molecule has 140 valence electrons. The number of aryl methyl sites for hydroxylation is 3. The molecular weight excluding hydrogens is 360 g/mol. The van der Waals surface area contributed by atoms with E-state index in [1.807, 2.05) is 61.9 Å². The summed E-state index contributed by atoms with van der Waals surface area (Å²) in [5.74, 6) is 0. The van der Waals surface area contributed by atoms with Gasteiger partial charge in [0.05, 0.1) is 28.2 Å². The molecule has 3 rings (SSSR count). The summed E-state index contributed by atoms with van der Waals surface area (Å²) in [7, 11) is -3.73. The molecule has 6 nitrogen and oxygen atoms in total. The van der Waals surface area contributed by atoms with Crippen molar-refractivity contribution < 1.29 is 8.42 Å². The lowest BCUT2D eigenvalue weighted by molar-refractivity contribution is 0.584. The Bertz CT molecular complexity index is 1100. The minimum absolute atomic E-state index is 0.230. The first-order valence-corrected chi connectivity index (χ1v) is 10.0. The van der Waals surface area contributed by atoms with Gasteiger partial charge in [0.2, 0.25) is 0 Å². The lowest BCUT2D eigenvalue weighted by Crippen LogP contribution is -2.19. The van der Waals surface area contributed by atoms with Crippen LogP contribution in [0.3, 0.4) is 0 Å². The standard InChI is InChI=1S/C20H22N4O2S/c1-14-10-11-15(2)20(12-14)27(25,26)23-21-13-19-16(3)22-24(17(19)4)18-8-6-5-7-9-18/h5-13,23H,1-4H3. The summed E-state index contributed by atoms with van der Waals surface area (Å²) in [6, 6.07) is 15.0. The number of aromatic nitrogens is 2. The monoisotopic (exact) mass is 382 g/mol. The van der Waals surface area contributed by atoms with Crippen molar-refractivity contribution in [1.29, 1.82) is 0 Å². The van der Waals surface area contributed by atoms with Crippen LogP contribution in [0.4, 0.5) is 0 Å². The summed E-state index contributed by atoms with van der Waals surface area (Å²) in [6.45, 7) is 7.41. The fourth-order valence-corrected chi connectivity index (χ4v) is 3.99. The molecule has 7 heteroatoms. The Kier molecular flexibility index (Phi) is 5.14. The van der Waals surface area contributed by atoms with E-state index in [9.17, 15) is 8.42 Å². The molecule has 0 bridgehead atoms.